The van der Waals surface area contributed by atoms with Crippen LogP contribution < -0.4 is 0 Å². The summed E-state index contributed by atoms with van der Waals surface area (Å²) < 4.78 is 0. The molecule has 0 spiro atoms. The summed E-state index contributed by atoms with van der Waals surface area (Å²) in [5, 5.41) is 0. The van der Waals surface area contributed by atoms with Gasteiger partial charge in [0.25, 0.3) is 0 Å². The van der Waals surface area contributed by atoms with E-state index in [1.165, 1.54) is 44.3 Å². The molecule has 0 bridgehead atoms. The van der Waals surface area contributed by atoms with Gasteiger partial charge in [-0.15, -0.1) is 0 Å². The summed E-state index contributed by atoms with van der Waals surface area (Å²) in [5.41, 5.74) is 0.732. The van der Waals surface area contributed by atoms with Gasteiger partial charge in [-0.2, -0.15) is 11.8 Å². The van der Waals surface area contributed by atoms with Crippen LogP contribution in [0.3, 0.4) is 0 Å². The molecule has 0 nitrogen and oxygen atoms in total. The first-order valence-electron chi connectivity index (χ1n) is 4.76. The fraction of sp³-hybridized carbons (Fsp3) is 1.00. The molecular formula is C10H20S. The molecule has 1 rings (SSSR count). The highest BCUT2D eigenvalue weighted by Gasteiger charge is 2.27. The molecule has 0 radical (unpaired) electrons. The number of rotatable bonds is 4. The van der Waals surface area contributed by atoms with E-state index < -0.39 is 0 Å². The minimum atomic E-state index is 0.732. The van der Waals surface area contributed by atoms with E-state index in [2.05, 4.69) is 13.2 Å². The highest BCUT2D eigenvalue weighted by atomic mass is 32.2. The van der Waals surface area contributed by atoms with Gasteiger partial charge in [0, 0.05) is 0 Å². The van der Waals surface area contributed by atoms with Gasteiger partial charge in [-0.05, 0) is 43.1 Å². The van der Waals surface area contributed by atoms with Crippen LogP contribution in [0, 0.1) is 5.41 Å². The molecular weight excluding hydrogens is 152 g/mol. The minimum absolute atomic E-state index is 0.732. The average molecular weight is 172 g/mol. The third-order valence-electron chi connectivity index (χ3n) is 2.94. The standard InChI is InChI=1S/C10H20S/c1-10(6-3-4-7-10)8-5-9-11-2/h3-9H2,1-2H3. The lowest BCUT2D eigenvalue weighted by atomic mass is 9.84. The zero-order chi connectivity index (χ0) is 8.16. The first kappa shape index (κ1) is 9.44. The third kappa shape index (κ3) is 3.06. The molecule has 11 heavy (non-hydrogen) atoms. The van der Waals surface area contributed by atoms with Gasteiger partial charge in [-0.1, -0.05) is 19.8 Å². The van der Waals surface area contributed by atoms with Crippen LogP contribution >= 0.6 is 11.8 Å². The van der Waals surface area contributed by atoms with E-state index in [1.54, 1.807) is 0 Å². The maximum absolute atomic E-state index is 2.47. The zero-order valence-electron chi connectivity index (χ0n) is 7.86. The molecule has 0 saturated heterocycles. The van der Waals surface area contributed by atoms with Gasteiger partial charge >= 0.3 is 0 Å². The second kappa shape index (κ2) is 4.39. The fourth-order valence-corrected chi connectivity index (χ4v) is 2.55. The van der Waals surface area contributed by atoms with Gasteiger partial charge in [-0.25, -0.2) is 0 Å². The fourth-order valence-electron chi connectivity index (χ4n) is 2.12. The second-order valence-corrected chi connectivity index (χ2v) is 5.10. The van der Waals surface area contributed by atoms with Gasteiger partial charge < -0.3 is 0 Å². The van der Waals surface area contributed by atoms with Crippen LogP contribution in [0.15, 0.2) is 0 Å². The van der Waals surface area contributed by atoms with Crippen molar-refractivity contribution in [3.8, 4) is 0 Å². The summed E-state index contributed by atoms with van der Waals surface area (Å²) in [6.45, 7) is 2.47. The second-order valence-electron chi connectivity index (χ2n) is 4.11. The summed E-state index contributed by atoms with van der Waals surface area (Å²) in [7, 11) is 0. The average Bonchev–Trinajstić information content (AvgIpc) is 2.38. The van der Waals surface area contributed by atoms with Crippen LogP contribution in [0.1, 0.15) is 45.4 Å². The van der Waals surface area contributed by atoms with E-state index in [4.69, 9.17) is 0 Å². The van der Waals surface area contributed by atoms with Crippen molar-refractivity contribution in [3.05, 3.63) is 0 Å². The van der Waals surface area contributed by atoms with Gasteiger partial charge in [0.15, 0.2) is 0 Å². The van der Waals surface area contributed by atoms with Gasteiger partial charge in [0.05, 0.1) is 0 Å². The van der Waals surface area contributed by atoms with E-state index in [0.717, 1.165) is 5.41 Å². The molecule has 0 aromatic rings. The Bertz CT molecular complexity index is 103. The Hall–Kier alpha value is 0.350. The highest BCUT2D eigenvalue weighted by Crippen LogP contribution is 2.41. The molecule has 0 N–H and O–H groups in total. The summed E-state index contributed by atoms with van der Waals surface area (Å²) >= 11 is 1.98. The largest absolute Gasteiger partial charge is 0.165 e. The Kier molecular flexibility index (Phi) is 3.77. The lowest BCUT2D eigenvalue weighted by Crippen LogP contribution is -2.10. The van der Waals surface area contributed by atoms with Crippen LogP contribution in [-0.2, 0) is 0 Å². The summed E-state index contributed by atoms with van der Waals surface area (Å²) in [5.74, 6) is 1.36. The van der Waals surface area contributed by atoms with Crippen LogP contribution in [0.25, 0.3) is 0 Å². The molecule has 1 fully saturated rings. The Morgan fingerprint density at radius 2 is 1.91 bits per heavy atom. The first-order chi connectivity index (χ1) is 5.27. The highest BCUT2D eigenvalue weighted by molar-refractivity contribution is 7.98. The van der Waals surface area contributed by atoms with Crippen LogP contribution in [0.5, 0.6) is 0 Å². The molecule has 66 valence electrons. The van der Waals surface area contributed by atoms with E-state index in [-0.39, 0.29) is 0 Å². The van der Waals surface area contributed by atoms with Crippen LogP contribution in [0.2, 0.25) is 0 Å². The molecule has 0 aromatic carbocycles. The lowest BCUT2D eigenvalue weighted by molar-refractivity contribution is 0.306. The molecule has 0 amide bonds. The lowest BCUT2D eigenvalue weighted by Gasteiger charge is -2.22. The van der Waals surface area contributed by atoms with Crippen molar-refractivity contribution >= 4 is 11.8 Å². The molecule has 1 saturated carbocycles. The predicted octanol–water partition coefficient (Wildman–Crippen LogP) is 3.71. The molecule has 1 heteroatoms. The zero-order valence-corrected chi connectivity index (χ0v) is 8.67. The molecule has 1 aliphatic carbocycles. The molecule has 0 atom stereocenters. The molecule has 0 aromatic heterocycles. The Labute approximate surface area is 75.1 Å². The maximum Gasteiger partial charge on any atom is -0.00701 e. The van der Waals surface area contributed by atoms with Crippen molar-refractivity contribution in [2.24, 2.45) is 5.41 Å². The van der Waals surface area contributed by atoms with Crippen molar-refractivity contribution in [2.45, 2.75) is 45.4 Å². The number of hydrogen-bond donors (Lipinski definition) is 0. The van der Waals surface area contributed by atoms with E-state index in [0.29, 0.717) is 0 Å². The van der Waals surface area contributed by atoms with Crippen LogP contribution in [0.4, 0.5) is 0 Å². The Morgan fingerprint density at radius 1 is 1.27 bits per heavy atom. The van der Waals surface area contributed by atoms with Gasteiger partial charge in [-0.3, -0.25) is 0 Å². The maximum atomic E-state index is 2.47. The van der Waals surface area contributed by atoms with E-state index in [1.807, 2.05) is 11.8 Å². The third-order valence-corrected chi connectivity index (χ3v) is 3.64. The normalized spacial score (nSPS) is 22.4. The van der Waals surface area contributed by atoms with Gasteiger partial charge in [0.1, 0.15) is 0 Å². The topological polar surface area (TPSA) is 0 Å². The summed E-state index contributed by atoms with van der Waals surface area (Å²) in [4.78, 5) is 0. The van der Waals surface area contributed by atoms with Crippen molar-refractivity contribution in [2.75, 3.05) is 12.0 Å². The number of hydrogen-bond acceptors (Lipinski definition) is 1. The molecule has 1 aliphatic rings. The molecule has 0 heterocycles. The smallest absolute Gasteiger partial charge is 0.00701 e. The van der Waals surface area contributed by atoms with E-state index in [9.17, 15) is 0 Å². The van der Waals surface area contributed by atoms with Crippen molar-refractivity contribution in [1.29, 1.82) is 0 Å². The SMILES string of the molecule is CSCCCC1(C)CCCC1. The summed E-state index contributed by atoms with van der Waals surface area (Å²) in [6.07, 6.45) is 11.0. The Morgan fingerprint density at radius 3 is 2.45 bits per heavy atom. The predicted molar refractivity (Wildman–Crippen MR) is 54.2 cm³/mol. The van der Waals surface area contributed by atoms with E-state index >= 15 is 0 Å². The summed E-state index contributed by atoms with van der Waals surface area (Å²) in [6, 6.07) is 0. The quantitative estimate of drug-likeness (QED) is 0.583. The molecule has 0 unspecified atom stereocenters. The Balaban J connectivity index is 2.13. The molecule has 0 aliphatic heterocycles. The van der Waals surface area contributed by atoms with Crippen molar-refractivity contribution in [3.63, 3.8) is 0 Å². The number of thioether (sulfide) groups is 1. The van der Waals surface area contributed by atoms with Crippen molar-refractivity contribution < 1.29 is 0 Å². The monoisotopic (exact) mass is 172 g/mol. The van der Waals surface area contributed by atoms with Crippen LogP contribution in [-0.4, -0.2) is 12.0 Å². The first-order valence-corrected chi connectivity index (χ1v) is 6.15. The van der Waals surface area contributed by atoms with Crippen molar-refractivity contribution in [1.82, 2.24) is 0 Å². The van der Waals surface area contributed by atoms with Gasteiger partial charge in [0.2, 0.25) is 0 Å². The minimum Gasteiger partial charge on any atom is -0.165 e.